The molecule has 0 aliphatic carbocycles. The molecule has 1 aromatic heterocycles. The van der Waals surface area contributed by atoms with Crippen LogP contribution in [0.5, 0.6) is 11.5 Å². The van der Waals surface area contributed by atoms with Gasteiger partial charge in [0, 0.05) is 33.5 Å². The van der Waals surface area contributed by atoms with Crippen molar-refractivity contribution in [2.24, 2.45) is 5.73 Å². The predicted molar refractivity (Wildman–Crippen MR) is 83.0 cm³/mol. The van der Waals surface area contributed by atoms with Gasteiger partial charge in [-0.05, 0) is 31.2 Å². The molecule has 1 atom stereocenters. The fourth-order valence-corrected chi connectivity index (χ4v) is 2.48. The summed E-state index contributed by atoms with van der Waals surface area (Å²) in [5.41, 5.74) is 7.16. The van der Waals surface area contributed by atoms with E-state index >= 15 is 0 Å². The Labute approximate surface area is 133 Å². The number of rotatable bonds is 6. The molecule has 1 unspecified atom stereocenters. The minimum absolute atomic E-state index is 0.0254. The Bertz CT molecular complexity index is 679. The van der Waals surface area contributed by atoms with E-state index in [1.54, 1.807) is 31.2 Å². The molecule has 2 rings (SSSR count). The summed E-state index contributed by atoms with van der Waals surface area (Å²) in [5, 5.41) is 10.4. The van der Waals surface area contributed by atoms with Crippen LogP contribution in [0.4, 0.5) is 0 Å². The lowest BCUT2D eigenvalue weighted by Gasteiger charge is -2.08. The number of hydrogen-bond acceptors (Lipinski definition) is 6. The monoisotopic (exact) mass is 341 g/mol. The van der Waals surface area contributed by atoms with Crippen LogP contribution in [0.1, 0.15) is 16.8 Å². The Kier molecular flexibility index (Phi) is 5.69. The van der Waals surface area contributed by atoms with Crippen molar-refractivity contribution in [2.45, 2.75) is 20.1 Å². The van der Waals surface area contributed by atoms with Gasteiger partial charge < -0.3 is 10.8 Å². The van der Waals surface area contributed by atoms with Gasteiger partial charge in [-0.3, -0.25) is 4.98 Å². The van der Waals surface area contributed by atoms with Crippen molar-refractivity contribution in [3.63, 3.8) is 0 Å². The highest BCUT2D eigenvalue weighted by Crippen LogP contribution is 2.31. The Morgan fingerprint density at radius 3 is 2.68 bits per heavy atom. The maximum absolute atomic E-state index is 11.8. The first-order valence-electron chi connectivity index (χ1n) is 6.41. The molecule has 0 amide bonds. The fraction of sp³-hybridized carbons (Fsp3) is 0.214. The lowest BCUT2D eigenvalue weighted by Crippen LogP contribution is -2.05. The van der Waals surface area contributed by atoms with Gasteiger partial charge in [0.2, 0.25) is 0 Å². The Balaban J connectivity index is 1.99. The minimum atomic E-state index is -2.37. The topological polar surface area (TPSA) is 94.7 Å². The standard InChI is InChI=1S/C14H14ClN2O4P/c1-9-14(18)13(6-16)10(7-17-9)8-20-22(19)21-12-4-2-11(15)3-5-12/h2-5,7H,6,8,16H2,1H3/p+1. The van der Waals surface area contributed by atoms with Gasteiger partial charge in [-0.1, -0.05) is 11.6 Å². The maximum Gasteiger partial charge on any atom is 0.750 e. The number of hydrogen-bond donors (Lipinski definition) is 2. The molecule has 0 spiro atoms. The zero-order chi connectivity index (χ0) is 16.1. The number of benzene rings is 1. The summed E-state index contributed by atoms with van der Waals surface area (Å²) in [6, 6.07) is 6.41. The first kappa shape index (κ1) is 16.6. The molecule has 116 valence electrons. The van der Waals surface area contributed by atoms with Crippen molar-refractivity contribution in [1.29, 1.82) is 0 Å². The molecular formula is C14H15ClN2O4P+. The third kappa shape index (κ3) is 4.15. The normalized spacial score (nSPS) is 11.3. The lowest BCUT2D eigenvalue weighted by molar-refractivity contribution is 0.274. The van der Waals surface area contributed by atoms with Gasteiger partial charge in [-0.25, -0.2) is 4.52 Å². The molecule has 0 bridgehead atoms. The Morgan fingerprint density at radius 1 is 1.36 bits per heavy atom. The summed E-state index contributed by atoms with van der Waals surface area (Å²) in [7, 11) is -2.37. The van der Waals surface area contributed by atoms with E-state index in [1.807, 2.05) is 0 Å². The number of aromatic hydroxyl groups is 1. The third-order valence-corrected chi connectivity index (χ3v) is 3.91. The van der Waals surface area contributed by atoms with Gasteiger partial charge in [0.05, 0.1) is 5.69 Å². The van der Waals surface area contributed by atoms with Crippen LogP contribution in [0.25, 0.3) is 0 Å². The number of aromatic nitrogens is 1. The van der Waals surface area contributed by atoms with E-state index in [1.165, 1.54) is 6.20 Å². The summed E-state index contributed by atoms with van der Waals surface area (Å²) in [6.07, 6.45) is 1.53. The first-order valence-corrected chi connectivity index (χ1v) is 7.88. The van der Waals surface area contributed by atoms with Gasteiger partial charge in [0.15, 0.2) is 5.75 Å². The highest BCUT2D eigenvalue weighted by atomic mass is 35.5. The van der Waals surface area contributed by atoms with Crippen LogP contribution >= 0.6 is 19.9 Å². The summed E-state index contributed by atoms with van der Waals surface area (Å²) >= 11 is 5.75. The molecule has 0 saturated heterocycles. The molecule has 6 nitrogen and oxygen atoms in total. The van der Waals surface area contributed by atoms with Crippen LogP contribution in [0.2, 0.25) is 5.02 Å². The first-order chi connectivity index (χ1) is 10.5. The second kappa shape index (κ2) is 7.51. The fourth-order valence-electron chi connectivity index (χ4n) is 1.77. The van der Waals surface area contributed by atoms with Crippen molar-refractivity contribution >= 4 is 19.9 Å². The average Bonchev–Trinajstić information content (AvgIpc) is 2.51. The van der Waals surface area contributed by atoms with Gasteiger partial charge in [0.1, 0.15) is 12.4 Å². The van der Waals surface area contributed by atoms with Crippen molar-refractivity contribution in [2.75, 3.05) is 0 Å². The van der Waals surface area contributed by atoms with Crippen LogP contribution in [-0.4, -0.2) is 10.1 Å². The van der Waals surface area contributed by atoms with Gasteiger partial charge >= 0.3 is 8.25 Å². The quantitative estimate of drug-likeness (QED) is 0.781. The zero-order valence-corrected chi connectivity index (χ0v) is 13.5. The van der Waals surface area contributed by atoms with Crippen molar-refractivity contribution in [3.05, 3.63) is 52.3 Å². The highest BCUT2D eigenvalue weighted by Gasteiger charge is 2.23. The molecule has 22 heavy (non-hydrogen) atoms. The number of nitrogens with two attached hydrogens (primary N) is 1. The molecule has 1 heterocycles. The van der Waals surface area contributed by atoms with Gasteiger partial charge in [-0.15, -0.1) is 4.52 Å². The van der Waals surface area contributed by atoms with E-state index < -0.39 is 8.25 Å². The van der Waals surface area contributed by atoms with Crippen LogP contribution in [0.3, 0.4) is 0 Å². The molecular weight excluding hydrogens is 327 g/mol. The van der Waals surface area contributed by atoms with E-state index in [4.69, 9.17) is 26.4 Å². The number of pyridine rings is 1. The van der Waals surface area contributed by atoms with E-state index in [0.29, 0.717) is 27.6 Å². The van der Waals surface area contributed by atoms with Crippen molar-refractivity contribution < 1.29 is 18.7 Å². The van der Waals surface area contributed by atoms with E-state index in [9.17, 15) is 9.67 Å². The largest absolute Gasteiger partial charge is 0.750 e. The van der Waals surface area contributed by atoms with Crippen LogP contribution < -0.4 is 10.3 Å². The summed E-state index contributed by atoms with van der Waals surface area (Å²) in [4.78, 5) is 4.02. The lowest BCUT2D eigenvalue weighted by atomic mass is 10.1. The molecule has 0 aliphatic heterocycles. The van der Waals surface area contributed by atoms with E-state index in [-0.39, 0.29) is 18.9 Å². The van der Waals surface area contributed by atoms with E-state index in [0.717, 1.165) is 0 Å². The maximum atomic E-state index is 11.8. The number of aryl methyl sites for hydroxylation is 1. The second-order valence-electron chi connectivity index (χ2n) is 4.44. The van der Waals surface area contributed by atoms with Gasteiger partial charge in [-0.2, -0.15) is 0 Å². The Morgan fingerprint density at radius 2 is 2.05 bits per heavy atom. The molecule has 2 aromatic rings. The summed E-state index contributed by atoms with van der Waals surface area (Å²) < 4.78 is 22.1. The van der Waals surface area contributed by atoms with Gasteiger partial charge in [0.25, 0.3) is 0 Å². The Hall–Kier alpha value is -1.72. The highest BCUT2D eigenvalue weighted by molar-refractivity contribution is 7.33. The van der Waals surface area contributed by atoms with Crippen LogP contribution in [0.15, 0.2) is 30.5 Å². The number of halogens is 1. The van der Waals surface area contributed by atoms with Crippen LogP contribution in [-0.2, 0) is 22.2 Å². The second-order valence-corrected chi connectivity index (χ2v) is 5.77. The molecule has 0 aliphatic rings. The number of nitrogens with zero attached hydrogens (tertiary/aromatic N) is 1. The molecule has 3 N–H and O–H groups in total. The minimum Gasteiger partial charge on any atom is -0.506 e. The van der Waals surface area contributed by atoms with Crippen LogP contribution in [0, 0.1) is 6.92 Å². The zero-order valence-electron chi connectivity index (χ0n) is 11.8. The smallest absolute Gasteiger partial charge is 0.506 e. The van der Waals surface area contributed by atoms with E-state index in [2.05, 4.69) is 4.98 Å². The molecule has 0 radical (unpaired) electrons. The SMILES string of the molecule is Cc1ncc(CO[P+](=O)Oc2ccc(Cl)cc2)c(CN)c1O. The summed E-state index contributed by atoms with van der Waals surface area (Å²) in [6.45, 7) is 1.77. The molecule has 0 fully saturated rings. The molecule has 1 aromatic carbocycles. The third-order valence-electron chi connectivity index (χ3n) is 2.95. The van der Waals surface area contributed by atoms with Crippen molar-refractivity contribution in [1.82, 2.24) is 4.98 Å². The molecule has 0 saturated carbocycles. The molecule has 8 heteroatoms. The predicted octanol–water partition coefficient (Wildman–Crippen LogP) is 3.46. The average molecular weight is 342 g/mol. The summed E-state index contributed by atoms with van der Waals surface area (Å²) in [5.74, 6) is 0.409. The van der Waals surface area contributed by atoms with Crippen molar-refractivity contribution in [3.8, 4) is 11.5 Å².